The molecule has 0 saturated carbocycles. The van der Waals surface area contributed by atoms with Crippen LogP contribution >= 0.6 is 11.6 Å². The molecule has 2 rings (SSSR count). The number of morpholine rings is 1. The number of rotatable bonds is 3. The zero-order chi connectivity index (χ0) is 15.2. The number of amides is 2. The van der Waals surface area contributed by atoms with Gasteiger partial charge in [-0.3, -0.25) is 9.59 Å². The van der Waals surface area contributed by atoms with Crippen molar-refractivity contribution >= 4 is 29.5 Å². The van der Waals surface area contributed by atoms with Crippen LogP contribution in [-0.2, 0) is 14.3 Å². The zero-order valence-corrected chi connectivity index (χ0v) is 12.5. The molecule has 6 heteroatoms. The maximum atomic E-state index is 12.5. The first kappa shape index (κ1) is 15.5. The Morgan fingerprint density at radius 2 is 1.86 bits per heavy atom. The number of benzene rings is 1. The van der Waals surface area contributed by atoms with Crippen LogP contribution in [0.3, 0.4) is 0 Å². The average molecular weight is 309 g/mol. The molecule has 21 heavy (non-hydrogen) atoms. The summed E-state index contributed by atoms with van der Waals surface area (Å²) in [7, 11) is 0. The van der Waals surface area contributed by atoms with Gasteiger partial charge in [0, 0.05) is 25.0 Å². The molecule has 0 atom stereocenters. The third-order valence-corrected chi connectivity index (χ3v) is 3.27. The van der Waals surface area contributed by atoms with Gasteiger partial charge in [0.05, 0.1) is 13.2 Å². The minimum atomic E-state index is -0.281. The average Bonchev–Trinajstić information content (AvgIpc) is 2.48. The van der Waals surface area contributed by atoms with Crippen LogP contribution in [-0.4, -0.2) is 43.0 Å². The lowest BCUT2D eigenvalue weighted by Crippen LogP contribution is -2.44. The van der Waals surface area contributed by atoms with Crippen molar-refractivity contribution in [2.75, 3.05) is 26.3 Å². The lowest BCUT2D eigenvalue weighted by Gasteiger charge is -2.27. The Hall–Kier alpha value is -1.85. The molecule has 1 aromatic rings. The van der Waals surface area contributed by atoms with E-state index < -0.39 is 0 Å². The van der Waals surface area contributed by atoms with Gasteiger partial charge < -0.3 is 15.0 Å². The number of carbonyl (C=O) groups excluding carboxylic acids is 2. The molecule has 1 aromatic carbocycles. The molecular weight excluding hydrogens is 292 g/mol. The van der Waals surface area contributed by atoms with Gasteiger partial charge in [-0.2, -0.15) is 0 Å². The molecule has 0 radical (unpaired) electrons. The maximum Gasteiger partial charge on any atom is 0.270 e. The monoisotopic (exact) mass is 308 g/mol. The predicted molar refractivity (Wildman–Crippen MR) is 80.6 cm³/mol. The molecule has 0 spiro atoms. The second-order valence-corrected chi connectivity index (χ2v) is 5.13. The van der Waals surface area contributed by atoms with E-state index in [9.17, 15) is 9.59 Å². The number of hydrogen-bond donors (Lipinski definition) is 1. The van der Waals surface area contributed by atoms with E-state index in [0.29, 0.717) is 31.3 Å². The Bertz CT molecular complexity index is 549. The predicted octanol–water partition coefficient (Wildman–Crippen LogP) is 1.68. The summed E-state index contributed by atoms with van der Waals surface area (Å²) in [5, 5.41) is 3.22. The second kappa shape index (κ2) is 7.24. The quantitative estimate of drug-likeness (QED) is 0.864. The van der Waals surface area contributed by atoms with Gasteiger partial charge in [-0.15, -0.1) is 0 Å². The fourth-order valence-corrected chi connectivity index (χ4v) is 2.13. The number of halogens is 1. The highest BCUT2D eigenvalue weighted by Gasteiger charge is 2.21. The summed E-state index contributed by atoms with van der Waals surface area (Å²) < 4.78 is 5.23. The van der Waals surface area contributed by atoms with Crippen LogP contribution in [0.1, 0.15) is 12.5 Å². The van der Waals surface area contributed by atoms with Gasteiger partial charge in [-0.05, 0) is 23.8 Å². The molecule has 0 aliphatic carbocycles. The Balaban J connectivity index is 2.22. The number of carbonyl (C=O) groups is 2. The summed E-state index contributed by atoms with van der Waals surface area (Å²) in [5.74, 6) is -0.486. The van der Waals surface area contributed by atoms with Gasteiger partial charge >= 0.3 is 0 Å². The van der Waals surface area contributed by atoms with Crippen molar-refractivity contribution in [3.8, 4) is 0 Å². The molecule has 2 amide bonds. The summed E-state index contributed by atoms with van der Waals surface area (Å²) >= 11 is 5.84. The van der Waals surface area contributed by atoms with Crippen LogP contribution in [0, 0.1) is 0 Å². The first-order valence-corrected chi connectivity index (χ1v) is 7.06. The molecule has 112 valence electrons. The van der Waals surface area contributed by atoms with E-state index in [1.807, 2.05) is 0 Å². The molecule has 1 saturated heterocycles. The largest absolute Gasteiger partial charge is 0.378 e. The van der Waals surface area contributed by atoms with Crippen molar-refractivity contribution in [2.24, 2.45) is 0 Å². The van der Waals surface area contributed by atoms with E-state index in [4.69, 9.17) is 16.3 Å². The molecule has 1 N–H and O–H groups in total. The molecule has 0 bridgehead atoms. The number of ether oxygens (including phenoxy) is 1. The van der Waals surface area contributed by atoms with E-state index in [1.54, 1.807) is 35.2 Å². The maximum absolute atomic E-state index is 12.5. The normalized spacial score (nSPS) is 15.7. The van der Waals surface area contributed by atoms with Gasteiger partial charge in [0.2, 0.25) is 5.91 Å². The molecule has 0 aromatic heterocycles. The Labute approximate surface area is 128 Å². The van der Waals surface area contributed by atoms with Crippen LogP contribution in [0.15, 0.2) is 30.0 Å². The third kappa shape index (κ3) is 4.58. The van der Waals surface area contributed by atoms with Crippen molar-refractivity contribution in [1.82, 2.24) is 10.2 Å². The van der Waals surface area contributed by atoms with Crippen molar-refractivity contribution < 1.29 is 14.3 Å². The fourth-order valence-electron chi connectivity index (χ4n) is 2.00. The van der Waals surface area contributed by atoms with Crippen LogP contribution in [0.5, 0.6) is 0 Å². The first-order chi connectivity index (χ1) is 10.1. The fraction of sp³-hybridized carbons (Fsp3) is 0.333. The molecule has 0 unspecified atom stereocenters. The topological polar surface area (TPSA) is 58.6 Å². The number of nitrogens with one attached hydrogen (secondary N) is 1. The molecule has 5 nitrogen and oxygen atoms in total. The first-order valence-electron chi connectivity index (χ1n) is 6.68. The summed E-state index contributed by atoms with van der Waals surface area (Å²) in [6, 6.07) is 7.05. The molecule has 1 aliphatic heterocycles. The smallest absolute Gasteiger partial charge is 0.270 e. The van der Waals surface area contributed by atoms with Crippen LogP contribution < -0.4 is 5.32 Å². The standard InChI is InChI=1S/C15H17ClN2O3/c1-11(19)17-14(10-12-2-4-13(16)5-3-12)15(20)18-6-8-21-9-7-18/h2-5,10H,6-9H2,1H3,(H,17,19). The minimum Gasteiger partial charge on any atom is -0.378 e. The number of nitrogens with zero attached hydrogens (tertiary/aromatic N) is 1. The summed E-state index contributed by atoms with van der Waals surface area (Å²) in [6.07, 6.45) is 1.65. The van der Waals surface area contributed by atoms with Crippen molar-refractivity contribution in [1.29, 1.82) is 0 Å². The van der Waals surface area contributed by atoms with E-state index >= 15 is 0 Å². The van der Waals surface area contributed by atoms with Gasteiger partial charge in [-0.1, -0.05) is 23.7 Å². The number of hydrogen-bond acceptors (Lipinski definition) is 3. The van der Waals surface area contributed by atoms with Crippen molar-refractivity contribution in [3.63, 3.8) is 0 Å². The van der Waals surface area contributed by atoms with E-state index in [2.05, 4.69) is 5.32 Å². The highest BCUT2D eigenvalue weighted by molar-refractivity contribution is 6.30. The van der Waals surface area contributed by atoms with Crippen LogP contribution in [0.25, 0.3) is 6.08 Å². The Morgan fingerprint density at radius 1 is 1.24 bits per heavy atom. The zero-order valence-electron chi connectivity index (χ0n) is 11.8. The highest BCUT2D eigenvalue weighted by Crippen LogP contribution is 2.13. The summed E-state index contributed by atoms with van der Waals surface area (Å²) in [5.41, 5.74) is 1.05. The van der Waals surface area contributed by atoms with Crippen LogP contribution in [0.2, 0.25) is 5.02 Å². The van der Waals surface area contributed by atoms with Gasteiger partial charge in [0.25, 0.3) is 5.91 Å². The van der Waals surface area contributed by atoms with Crippen molar-refractivity contribution in [3.05, 3.63) is 40.5 Å². The molecule has 1 heterocycles. The Kier molecular flexibility index (Phi) is 5.36. The van der Waals surface area contributed by atoms with Crippen LogP contribution in [0.4, 0.5) is 0 Å². The third-order valence-electron chi connectivity index (χ3n) is 3.02. The lowest BCUT2D eigenvalue weighted by molar-refractivity contribution is -0.132. The Morgan fingerprint density at radius 3 is 2.43 bits per heavy atom. The highest BCUT2D eigenvalue weighted by atomic mass is 35.5. The molecule has 1 fully saturated rings. The summed E-state index contributed by atoms with van der Waals surface area (Å²) in [4.78, 5) is 25.5. The van der Waals surface area contributed by atoms with E-state index in [1.165, 1.54) is 6.92 Å². The molecular formula is C15H17ClN2O3. The SMILES string of the molecule is CC(=O)NC(=Cc1ccc(Cl)cc1)C(=O)N1CCOCC1. The second-order valence-electron chi connectivity index (χ2n) is 4.70. The summed E-state index contributed by atoms with van der Waals surface area (Å²) in [6.45, 7) is 3.45. The lowest BCUT2D eigenvalue weighted by atomic mass is 10.1. The van der Waals surface area contributed by atoms with Crippen molar-refractivity contribution in [2.45, 2.75) is 6.92 Å². The van der Waals surface area contributed by atoms with E-state index in [0.717, 1.165) is 5.56 Å². The van der Waals surface area contributed by atoms with E-state index in [-0.39, 0.29) is 17.5 Å². The molecule has 1 aliphatic rings. The van der Waals surface area contributed by atoms with Gasteiger partial charge in [-0.25, -0.2) is 0 Å². The van der Waals surface area contributed by atoms with Gasteiger partial charge in [0.1, 0.15) is 5.70 Å². The van der Waals surface area contributed by atoms with Gasteiger partial charge in [0.15, 0.2) is 0 Å². The minimum absolute atomic E-state index is 0.205.